The minimum absolute atomic E-state index is 0.0490. The molecule has 2 fully saturated rings. The van der Waals surface area contributed by atoms with Gasteiger partial charge in [0.1, 0.15) is 0 Å². The number of anilines is 1. The Balaban J connectivity index is 1.60. The molecule has 1 aliphatic carbocycles. The van der Waals surface area contributed by atoms with Gasteiger partial charge in [0.05, 0.1) is 12.5 Å². The average Bonchev–Trinajstić information content (AvgIpc) is 2.56. The smallest absolute Gasteiger partial charge is 0.237 e. The quantitative estimate of drug-likeness (QED) is 0.795. The van der Waals surface area contributed by atoms with Gasteiger partial charge in [-0.25, -0.2) is 0 Å². The van der Waals surface area contributed by atoms with Crippen LogP contribution in [0, 0.1) is 0 Å². The highest BCUT2D eigenvalue weighted by molar-refractivity contribution is 5.96. The van der Waals surface area contributed by atoms with Crippen LogP contribution in [0.5, 0.6) is 0 Å². The molecule has 3 N–H and O–H groups in total. The molecular formula is C18H25N3O2. The lowest BCUT2D eigenvalue weighted by Gasteiger charge is -2.40. The second-order valence-electron chi connectivity index (χ2n) is 6.49. The maximum Gasteiger partial charge on any atom is 0.237 e. The van der Waals surface area contributed by atoms with Crippen molar-refractivity contribution in [3.63, 3.8) is 0 Å². The summed E-state index contributed by atoms with van der Waals surface area (Å²) in [4.78, 5) is 24.5. The van der Waals surface area contributed by atoms with E-state index >= 15 is 0 Å². The number of para-hydroxylation sites is 1. The molecule has 1 heterocycles. The normalized spacial score (nSPS) is 27.0. The highest BCUT2D eigenvalue weighted by atomic mass is 16.2. The maximum atomic E-state index is 12.3. The third-order valence-corrected chi connectivity index (χ3v) is 4.89. The minimum Gasteiger partial charge on any atom is -0.350 e. The van der Waals surface area contributed by atoms with Crippen LogP contribution in [0.3, 0.4) is 0 Å². The summed E-state index contributed by atoms with van der Waals surface area (Å²) in [5.74, 6) is -0.167. The molecule has 1 aromatic carbocycles. The summed E-state index contributed by atoms with van der Waals surface area (Å²) >= 11 is 0. The van der Waals surface area contributed by atoms with Crippen molar-refractivity contribution in [3.05, 3.63) is 29.8 Å². The van der Waals surface area contributed by atoms with Gasteiger partial charge in [-0.2, -0.15) is 0 Å². The first-order valence-electron chi connectivity index (χ1n) is 8.61. The lowest BCUT2D eigenvalue weighted by atomic mass is 9.87. The molecule has 2 amide bonds. The van der Waals surface area contributed by atoms with E-state index in [0.29, 0.717) is 6.04 Å². The van der Waals surface area contributed by atoms with Gasteiger partial charge < -0.3 is 16.0 Å². The van der Waals surface area contributed by atoms with Gasteiger partial charge in [0, 0.05) is 17.8 Å². The average molecular weight is 315 g/mol. The Morgan fingerprint density at radius 1 is 1.22 bits per heavy atom. The van der Waals surface area contributed by atoms with Crippen LogP contribution < -0.4 is 16.0 Å². The Morgan fingerprint density at radius 2 is 1.96 bits per heavy atom. The number of aryl methyl sites for hydroxylation is 1. The summed E-state index contributed by atoms with van der Waals surface area (Å²) in [6.45, 7) is 2.06. The molecule has 3 rings (SSSR count). The van der Waals surface area contributed by atoms with Crippen LogP contribution in [0.1, 0.15) is 44.6 Å². The Morgan fingerprint density at radius 3 is 2.74 bits per heavy atom. The van der Waals surface area contributed by atoms with Gasteiger partial charge in [-0.3, -0.25) is 9.59 Å². The number of amides is 2. The molecule has 124 valence electrons. The molecule has 3 atom stereocenters. The van der Waals surface area contributed by atoms with Gasteiger partial charge in [-0.15, -0.1) is 0 Å². The molecule has 1 saturated carbocycles. The summed E-state index contributed by atoms with van der Waals surface area (Å²) in [5, 5.41) is 9.40. The predicted octanol–water partition coefficient (Wildman–Crippen LogP) is 1.98. The van der Waals surface area contributed by atoms with Gasteiger partial charge in [-0.1, -0.05) is 38.0 Å². The molecule has 1 aliphatic heterocycles. The summed E-state index contributed by atoms with van der Waals surface area (Å²) in [6, 6.07) is 7.90. The molecule has 5 nitrogen and oxygen atoms in total. The van der Waals surface area contributed by atoms with E-state index in [1.807, 2.05) is 24.3 Å². The highest BCUT2D eigenvalue weighted by Crippen LogP contribution is 2.22. The van der Waals surface area contributed by atoms with Gasteiger partial charge >= 0.3 is 0 Å². The molecular weight excluding hydrogens is 290 g/mol. The van der Waals surface area contributed by atoms with Crippen LogP contribution in [0.4, 0.5) is 5.69 Å². The van der Waals surface area contributed by atoms with Gasteiger partial charge in [-0.05, 0) is 30.9 Å². The zero-order chi connectivity index (χ0) is 16.2. The number of carbonyl (C=O) groups is 2. The minimum atomic E-state index is -0.428. The van der Waals surface area contributed by atoms with E-state index in [9.17, 15) is 9.59 Å². The summed E-state index contributed by atoms with van der Waals surface area (Å²) < 4.78 is 0. The van der Waals surface area contributed by atoms with E-state index in [4.69, 9.17) is 0 Å². The van der Waals surface area contributed by atoms with Crippen LogP contribution in [-0.4, -0.2) is 29.9 Å². The van der Waals surface area contributed by atoms with Crippen LogP contribution in [-0.2, 0) is 16.0 Å². The van der Waals surface area contributed by atoms with Gasteiger partial charge in [0.2, 0.25) is 11.8 Å². The van der Waals surface area contributed by atoms with Crippen molar-refractivity contribution in [2.75, 3.05) is 5.32 Å². The van der Waals surface area contributed by atoms with E-state index in [1.165, 1.54) is 12.8 Å². The molecule has 0 unspecified atom stereocenters. The lowest BCUT2D eigenvalue weighted by Crippen LogP contribution is -2.65. The van der Waals surface area contributed by atoms with Gasteiger partial charge in [0.15, 0.2) is 0 Å². The van der Waals surface area contributed by atoms with Crippen molar-refractivity contribution < 1.29 is 9.59 Å². The summed E-state index contributed by atoms with van der Waals surface area (Å²) in [6.07, 6.45) is 5.50. The Kier molecular flexibility index (Phi) is 4.96. The molecule has 0 aromatic heterocycles. The molecule has 2 aliphatic rings. The molecule has 23 heavy (non-hydrogen) atoms. The predicted molar refractivity (Wildman–Crippen MR) is 90.2 cm³/mol. The first kappa shape index (κ1) is 16.0. The topological polar surface area (TPSA) is 70.2 Å². The van der Waals surface area contributed by atoms with Crippen LogP contribution >= 0.6 is 0 Å². The number of fused-ring (bicyclic) bond motifs is 1. The van der Waals surface area contributed by atoms with Crippen LogP contribution in [0.25, 0.3) is 0 Å². The molecule has 0 spiro atoms. The lowest BCUT2D eigenvalue weighted by molar-refractivity contribution is -0.129. The van der Waals surface area contributed by atoms with E-state index < -0.39 is 6.04 Å². The second kappa shape index (κ2) is 7.13. The van der Waals surface area contributed by atoms with Crippen molar-refractivity contribution in [2.24, 2.45) is 0 Å². The second-order valence-corrected chi connectivity index (χ2v) is 6.49. The number of hydrogen-bond acceptors (Lipinski definition) is 3. The Labute approximate surface area is 137 Å². The number of nitrogens with one attached hydrogen (secondary N) is 3. The van der Waals surface area contributed by atoms with Crippen molar-refractivity contribution >= 4 is 17.5 Å². The first-order chi connectivity index (χ1) is 11.2. The third-order valence-electron chi connectivity index (χ3n) is 4.89. The molecule has 0 radical (unpaired) electrons. The van der Waals surface area contributed by atoms with E-state index in [-0.39, 0.29) is 24.3 Å². The standard InChI is InChI=1S/C18H25N3O2/c1-2-12-7-3-4-8-13(12)20-17(22)11-16-18(23)21-15-10-6-5-9-14(15)19-16/h3-4,7-8,14-16,19H,2,5-6,9-11H2,1H3,(H,20,22)(H,21,23)/t14-,15-,16+/m1/s1. The molecule has 5 heteroatoms. The van der Waals surface area contributed by atoms with Crippen molar-refractivity contribution in [3.8, 4) is 0 Å². The van der Waals surface area contributed by atoms with E-state index in [2.05, 4.69) is 22.9 Å². The van der Waals surface area contributed by atoms with Crippen LogP contribution in [0.2, 0.25) is 0 Å². The number of benzene rings is 1. The number of piperazine rings is 1. The molecule has 1 aromatic rings. The van der Waals surface area contributed by atoms with Gasteiger partial charge in [0.25, 0.3) is 0 Å². The SMILES string of the molecule is CCc1ccccc1NC(=O)C[C@@H]1N[C@@H]2CCCC[C@H]2NC1=O. The third kappa shape index (κ3) is 3.72. The van der Waals surface area contributed by atoms with Crippen molar-refractivity contribution in [1.82, 2.24) is 10.6 Å². The summed E-state index contributed by atoms with van der Waals surface area (Å²) in [5.41, 5.74) is 1.95. The largest absolute Gasteiger partial charge is 0.350 e. The van der Waals surface area contributed by atoms with Crippen molar-refractivity contribution in [1.29, 1.82) is 0 Å². The monoisotopic (exact) mass is 315 g/mol. The summed E-state index contributed by atoms with van der Waals surface area (Å²) in [7, 11) is 0. The zero-order valence-electron chi connectivity index (χ0n) is 13.6. The zero-order valence-corrected chi connectivity index (χ0v) is 13.6. The number of carbonyl (C=O) groups excluding carboxylic acids is 2. The van der Waals surface area contributed by atoms with E-state index in [0.717, 1.165) is 30.5 Å². The number of rotatable bonds is 4. The fraction of sp³-hybridized carbons (Fsp3) is 0.556. The Hall–Kier alpha value is -1.88. The van der Waals surface area contributed by atoms with Crippen molar-refractivity contribution in [2.45, 2.75) is 63.6 Å². The fourth-order valence-electron chi connectivity index (χ4n) is 3.61. The highest BCUT2D eigenvalue weighted by Gasteiger charge is 2.36. The molecule has 0 bridgehead atoms. The number of hydrogen-bond donors (Lipinski definition) is 3. The Bertz CT molecular complexity index is 587. The fourth-order valence-corrected chi connectivity index (χ4v) is 3.61. The molecule has 1 saturated heterocycles. The maximum absolute atomic E-state index is 12.3. The van der Waals surface area contributed by atoms with E-state index in [1.54, 1.807) is 0 Å². The first-order valence-corrected chi connectivity index (χ1v) is 8.61. The van der Waals surface area contributed by atoms with Crippen LogP contribution in [0.15, 0.2) is 24.3 Å².